The molecule has 1 fully saturated rings. The minimum Gasteiger partial charge on any atom is -0.355 e. The van der Waals surface area contributed by atoms with Gasteiger partial charge in [0.15, 0.2) is 0 Å². The molecule has 1 N–H and O–H groups in total. The SMILES string of the molecule is Cc1ccccc1[C@@H](C)NC(=O)CN1CCCN(c2ccc(C(F)(F)F)cn2)CC1. The first-order valence-corrected chi connectivity index (χ1v) is 10.1. The van der Waals surface area contributed by atoms with Crippen molar-refractivity contribution in [2.45, 2.75) is 32.5 Å². The molecule has 0 unspecified atom stereocenters. The highest BCUT2D eigenvalue weighted by Gasteiger charge is 2.31. The van der Waals surface area contributed by atoms with Crippen LogP contribution in [0.4, 0.5) is 19.0 Å². The number of hydrogen-bond acceptors (Lipinski definition) is 4. The molecule has 1 aliphatic rings. The zero-order chi connectivity index (χ0) is 21.7. The summed E-state index contributed by atoms with van der Waals surface area (Å²) in [5, 5.41) is 3.05. The minimum atomic E-state index is -4.39. The first-order chi connectivity index (χ1) is 14.2. The molecule has 5 nitrogen and oxygen atoms in total. The largest absolute Gasteiger partial charge is 0.417 e. The molecule has 8 heteroatoms. The predicted molar refractivity (Wildman–Crippen MR) is 110 cm³/mol. The number of aromatic nitrogens is 1. The number of alkyl halides is 3. The molecule has 2 aromatic rings. The minimum absolute atomic E-state index is 0.0353. The Morgan fingerprint density at radius 2 is 1.90 bits per heavy atom. The highest BCUT2D eigenvalue weighted by Crippen LogP contribution is 2.29. The van der Waals surface area contributed by atoms with Gasteiger partial charge in [-0.25, -0.2) is 4.98 Å². The number of aryl methyl sites for hydroxylation is 1. The molecule has 0 radical (unpaired) electrons. The molecular weight excluding hydrogens is 393 g/mol. The quantitative estimate of drug-likeness (QED) is 0.800. The van der Waals surface area contributed by atoms with Crippen LogP contribution < -0.4 is 10.2 Å². The fraction of sp³-hybridized carbons (Fsp3) is 0.455. The number of halogens is 3. The lowest BCUT2D eigenvalue weighted by Gasteiger charge is -2.23. The average Bonchev–Trinajstić information content (AvgIpc) is 2.93. The van der Waals surface area contributed by atoms with Gasteiger partial charge in [-0.3, -0.25) is 9.69 Å². The van der Waals surface area contributed by atoms with E-state index in [1.54, 1.807) is 0 Å². The maximum Gasteiger partial charge on any atom is 0.417 e. The van der Waals surface area contributed by atoms with Crippen LogP contribution in [0.3, 0.4) is 0 Å². The first-order valence-electron chi connectivity index (χ1n) is 10.1. The fourth-order valence-electron chi connectivity index (χ4n) is 3.74. The third-order valence-electron chi connectivity index (χ3n) is 5.39. The van der Waals surface area contributed by atoms with E-state index < -0.39 is 11.7 Å². The lowest BCUT2D eigenvalue weighted by Crippen LogP contribution is -2.40. The summed E-state index contributed by atoms with van der Waals surface area (Å²) in [6.45, 7) is 7.00. The molecule has 0 bridgehead atoms. The Labute approximate surface area is 174 Å². The number of carbonyl (C=O) groups is 1. The van der Waals surface area contributed by atoms with Crippen molar-refractivity contribution in [2.24, 2.45) is 0 Å². The van der Waals surface area contributed by atoms with Gasteiger partial charge in [-0.2, -0.15) is 13.2 Å². The summed E-state index contributed by atoms with van der Waals surface area (Å²) in [6, 6.07) is 10.4. The van der Waals surface area contributed by atoms with Crippen molar-refractivity contribution in [3.8, 4) is 0 Å². The van der Waals surface area contributed by atoms with Crippen LogP contribution in [0.25, 0.3) is 0 Å². The Balaban J connectivity index is 1.52. The van der Waals surface area contributed by atoms with E-state index in [9.17, 15) is 18.0 Å². The van der Waals surface area contributed by atoms with Crippen LogP contribution in [0.2, 0.25) is 0 Å². The molecule has 2 heterocycles. The van der Waals surface area contributed by atoms with E-state index in [1.807, 2.05) is 43.0 Å². The Morgan fingerprint density at radius 1 is 1.13 bits per heavy atom. The van der Waals surface area contributed by atoms with Crippen molar-refractivity contribution in [2.75, 3.05) is 37.6 Å². The van der Waals surface area contributed by atoms with E-state index in [0.29, 0.717) is 32.0 Å². The van der Waals surface area contributed by atoms with Gasteiger partial charge in [0.05, 0.1) is 18.2 Å². The number of carbonyl (C=O) groups excluding carboxylic acids is 1. The number of nitrogens with zero attached hydrogens (tertiary/aromatic N) is 3. The van der Waals surface area contributed by atoms with E-state index in [2.05, 4.69) is 15.2 Å². The number of benzene rings is 1. The molecule has 1 aromatic heterocycles. The van der Waals surface area contributed by atoms with Crippen LogP contribution in [0.15, 0.2) is 42.6 Å². The number of pyridine rings is 1. The number of hydrogen-bond donors (Lipinski definition) is 1. The maximum absolute atomic E-state index is 12.7. The Kier molecular flexibility index (Phi) is 6.97. The maximum atomic E-state index is 12.7. The third kappa shape index (κ3) is 5.72. The fourth-order valence-corrected chi connectivity index (χ4v) is 3.74. The zero-order valence-corrected chi connectivity index (χ0v) is 17.2. The van der Waals surface area contributed by atoms with Crippen LogP contribution >= 0.6 is 0 Å². The van der Waals surface area contributed by atoms with Crippen LogP contribution in [0.5, 0.6) is 0 Å². The molecule has 3 rings (SSSR count). The standard InChI is InChI=1S/C22H27F3N4O/c1-16-6-3-4-7-19(16)17(2)27-21(30)15-28-10-5-11-29(13-12-28)20-9-8-18(14-26-20)22(23,24)25/h3-4,6-9,14,17H,5,10-13,15H2,1-2H3,(H,27,30)/t17-/m1/s1. The highest BCUT2D eigenvalue weighted by atomic mass is 19.4. The monoisotopic (exact) mass is 420 g/mol. The normalized spacial score (nSPS) is 16.8. The second-order valence-electron chi connectivity index (χ2n) is 7.67. The molecule has 30 heavy (non-hydrogen) atoms. The summed E-state index contributed by atoms with van der Waals surface area (Å²) in [5.74, 6) is 0.495. The van der Waals surface area contributed by atoms with Crippen LogP contribution in [0, 0.1) is 6.92 Å². The average molecular weight is 420 g/mol. The summed E-state index contributed by atoms with van der Waals surface area (Å²) >= 11 is 0. The van der Waals surface area contributed by atoms with Gasteiger partial charge in [-0.15, -0.1) is 0 Å². The number of nitrogens with one attached hydrogen (secondary N) is 1. The molecule has 0 spiro atoms. The highest BCUT2D eigenvalue weighted by molar-refractivity contribution is 5.78. The van der Waals surface area contributed by atoms with Gasteiger partial charge in [0.2, 0.25) is 5.91 Å². The second-order valence-corrected chi connectivity index (χ2v) is 7.67. The summed E-state index contributed by atoms with van der Waals surface area (Å²) in [6.07, 6.45) is -2.70. The number of anilines is 1. The summed E-state index contributed by atoms with van der Waals surface area (Å²) in [4.78, 5) is 20.5. The molecular formula is C22H27F3N4O. The predicted octanol–water partition coefficient (Wildman–Crippen LogP) is 3.80. The lowest BCUT2D eigenvalue weighted by atomic mass is 10.0. The first kappa shape index (κ1) is 22.1. The van der Waals surface area contributed by atoms with Crippen molar-refractivity contribution >= 4 is 11.7 Å². The molecule has 1 atom stereocenters. The van der Waals surface area contributed by atoms with Gasteiger partial charge < -0.3 is 10.2 Å². The molecule has 0 saturated carbocycles. The van der Waals surface area contributed by atoms with Gasteiger partial charge in [-0.1, -0.05) is 24.3 Å². The summed E-state index contributed by atoms with van der Waals surface area (Å²) in [7, 11) is 0. The molecule has 1 saturated heterocycles. The van der Waals surface area contributed by atoms with E-state index >= 15 is 0 Å². The van der Waals surface area contributed by atoms with E-state index in [-0.39, 0.29) is 11.9 Å². The number of amides is 1. The van der Waals surface area contributed by atoms with Gasteiger partial charge in [-0.05, 0) is 43.5 Å². The molecule has 1 aromatic carbocycles. The molecule has 1 amide bonds. The van der Waals surface area contributed by atoms with Gasteiger partial charge in [0, 0.05) is 32.4 Å². The lowest BCUT2D eigenvalue weighted by molar-refractivity contribution is -0.137. The van der Waals surface area contributed by atoms with E-state index in [0.717, 1.165) is 36.4 Å². The van der Waals surface area contributed by atoms with Gasteiger partial charge >= 0.3 is 6.18 Å². The molecule has 1 aliphatic heterocycles. The smallest absolute Gasteiger partial charge is 0.355 e. The van der Waals surface area contributed by atoms with Crippen molar-refractivity contribution in [3.63, 3.8) is 0 Å². The summed E-state index contributed by atoms with van der Waals surface area (Å²) in [5.41, 5.74) is 1.49. The molecule has 162 valence electrons. The Morgan fingerprint density at radius 3 is 2.57 bits per heavy atom. The Hall–Kier alpha value is -2.61. The number of rotatable bonds is 5. The van der Waals surface area contributed by atoms with Crippen LogP contribution in [-0.2, 0) is 11.0 Å². The van der Waals surface area contributed by atoms with Crippen molar-refractivity contribution < 1.29 is 18.0 Å². The van der Waals surface area contributed by atoms with Crippen LogP contribution in [0.1, 0.15) is 36.1 Å². The molecule has 0 aliphatic carbocycles. The van der Waals surface area contributed by atoms with E-state index in [1.165, 1.54) is 6.07 Å². The summed E-state index contributed by atoms with van der Waals surface area (Å²) < 4.78 is 38.2. The van der Waals surface area contributed by atoms with Gasteiger partial charge in [0.1, 0.15) is 5.82 Å². The Bertz CT molecular complexity index is 854. The second kappa shape index (κ2) is 9.47. The van der Waals surface area contributed by atoms with Crippen molar-refractivity contribution in [1.29, 1.82) is 0 Å². The van der Waals surface area contributed by atoms with Crippen molar-refractivity contribution in [3.05, 3.63) is 59.3 Å². The topological polar surface area (TPSA) is 48.5 Å². The van der Waals surface area contributed by atoms with E-state index in [4.69, 9.17) is 0 Å². The van der Waals surface area contributed by atoms with Gasteiger partial charge in [0.25, 0.3) is 0 Å². The van der Waals surface area contributed by atoms with Crippen molar-refractivity contribution in [1.82, 2.24) is 15.2 Å². The third-order valence-corrected chi connectivity index (χ3v) is 5.39. The zero-order valence-electron chi connectivity index (χ0n) is 17.2. The van der Waals surface area contributed by atoms with Crippen LogP contribution in [-0.4, -0.2) is 48.5 Å².